The van der Waals surface area contributed by atoms with E-state index in [2.05, 4.69) is 0 Å². The molecule has 0 aliphatic heterocycles. The van der Waals surface area contributed by atoms with Gasteiger partial charge in [-0.05, 0) is 39.6 Å². The van der Waals surface area contributed by atoms with Crippen molar-refractivity contribution in [2.45, 2.75) is 0 Å². The molecule has 2 aliphatic carbocycles. The largest absolute Gasteiger partial charge is 0.289 e. The number of allylic oxidation sites excluding steroid dienone is 3. The summed E-state index contributed by atoms with van der Waals surface area (Å²) in [7, 11) is 0. The van der Waals surface area contributed by atoms with Crippen molar-refractivity contribution >= 4 is 44.8 Å². The molecule has 2 heteroatoms. The number of hydrogen-bond acceptors (Lipinski definition) is 2. The zero-order valence-corrected chi connectivity index (χ0v) is 14.9. The van der Waals surface area contributed by atoms with Gasteiger partial charge < -0.3 is 0 Å². The zero-order valence-electron chi connectivity index (χ0n) is 14.9. The predicted molar refractivity (Wildman–Crippen MR) is 113 cm³/mol. The number of hydrogen-bond donors (Lipinski definition) is 0. The van der Waals surface area contributed by atoms with Crippen LogP contribution in [0.4, 0.5) is 0 Å². The standard InChI is InChI=1S/C26H14O2/c27-23-14-21(18-10-2-7-16-8-3-11-19(23)25(16)18)22-13-17-9-1-5-15-6-4-12-20(24(15)17)26(22)28/h1-14H. The van der Waals surface area contributed by atoms with E-state index in [0.717, 1.165) is 32.7 Å². The number of rotatable bonds is 1. The van der Waals surface area contributed by atoms with E-state index in [0.29, 0.717) is 22.3 Å². The number of carbonyl (C=O) groups is 2. The monoisotopic (exact) mass is 358 g/mol. The van der Waals surface area contributed by atoms with Gasteiger partial charge in [-0.2, -0.15) is 0 Å². The van der Waals surface area contributed by atoms with E-state index in [4.69, 9.17) is 0 Å². The van der Waals surface area contributed by atoms with Crippen LogP contribution in [0.2, 0.25) is 0 Å². The van der Waals surface area contributed by atoms with Gasteiger partial charge >= 0.3 is 0 Å². The van der Waals surface area contributed by atoms with E-state index < -0.39 is 0 Å². The molecule has 0 radical (unpaired) electrons. The number of Topliss-reactive ketones (excluding diaryl/α,β-unsaturated/α-hetero) is 1. The Hall–Kier alpha value is -3.78. The quantitative estimate of drug-likeness (QED) is 0.427. The molecule has 0 unspecified atom stereocenters. The Morgan fingerprint density at radius 2 is 1.11 bits per heavy atom. The molecule has 0 bridgehead atoms. The summed E-state index contributed by atoms with van der Waals surface area (Å²) in [6, 6.07) is 23.6. The smallest absolute Gasteiger partial charge is 0.194 e. The van der Waals surface area contributed by atoms with Gasteiger partial charge in [0.2, 0.25) is 0 Å². The zero-order chi connectivity index (χ0) is 18.8. The van der Waals surface area contributed by atoms with Crippen LogP contribution < -0.4 is 0 Å². The van der Waals surface area contributed by atoms with Crippen LogP contribution in [0.15, 0.2) is 84.4 Å². The third kappa shape index (κ3) is 1.92. The van der Waals surface area contributed by atoms with Crippen molar-refractivity contribution in [2.24, 2.45) is 0 Å². The molecule has 0 atom stereocenters. The second kappa shape index (κ2) is 5.37. The molecule has 0 aromatic heterocycles. The summed E-state index contributed by atoms with van der Waals surface area (Å²) in [6.07, 6.45) is 3.55. The van der Waals surface area contributed by atoms with Crippen LogP contribution in [0, 0.1) is 0 Å². The van der Waals surface area contributed by atoms with Gasteiger partial charge in [-0.3, -0.25) is 9.59 Å². The fraction of sp³-hybridized carbons (Fsp3) is 0. The van der Waals surface area contributed by atoms with Gasteiger partial charge in [0, 0.05) is 27.5 Å². The minimum Gasteiger partial charge on any atom is -0.289 e. The summed E-state index contributed by atoms with van der Waals surface area (Å²) in [6.45, 7) is 0. The van der Waals surface area contributed by atoms with Gasteiger partial charge in [-0.1, -0.05) is 72.8 Å². The summed E-state index contributed by atoms with van der Waals surface area (Å²) < 4.78 is 0. The highest BCUT2D eigenvalue weighted by molar-refractivity contribution is 6.34. The number of benzene rings is 4. The van der Waals surface area contributed by atoms with Gasteiger partial charge in [0.05, 0.1) is 0 Å². The van der Waals surface area contributed by atoms with E-state index >= 15 is 0 Å². The molecule has 0 saturated heterocycles. The lowest BCUT2D eigenvalue weighted by atomic mass is 9.79. The Morgan fingerprint density at radius 3 is 1.86 bits per heavy atom. The van der Waals surface area contributed by atoms with Crippen LogP contribution in [0.1, 0.15) is 31.8 Å². The Morgan fingerprint density at radius 1 is 0.500 bits per heavy atom. The summed E-state index contributed by atoms with van der Waals surface area (Å²) in [5.41, 5.74) is 4.65. The van der Waals surface area contributed by atoms with Crippen LogP contribution in [-0.2, 0) is 0 Å². The Kier molecular flexibility index (Phi) is 2.93. The Balaban J connectivity index is 1.66. The molecule has 2 nitrogen and oxygen atoms in total. The van der Waals surface area contributed by atoms with E-state index in [1.54, 1.807) is 6.08 Å². The highest BCUT2D eigenvalue weighted by Crippen LogP contribution is 2.41. The maximum Gasteiger partial charge on any atom is 0.194 e. The van der Waals surface area contributed by atoms with Gasteiger partial charge in [0.15, 0.2) is 11.6 Å². The lowest BCUT2D eigenvalue weighted by Gasteiger charge is -2.23. The molecule has 4 aromatic carbocycles. The third-order valence-corrected chi connectivity index (χ3v) is 5.75. The molecule has 4 aromatic rings. The van der Waals surface area contributed by atoms with Gasteiger partial charge in [-0.15, -0.1) is 0 Å². The molecule has 0 amide bonds. The predicted octanol–water partition coefficient (Wildman–Crippen LogP) is 5.85. The van der Waals surface area contributed by atoms with Crippen LogP contribution in [0.3, 0.4) is 0 Å². The van der Waals surface area contributed by atoms with Crippen LogP contribution in [0.25, 0.3) is 33.2 Å². The van der Waals surface area contributed by atoms with Crippen molar-refractivity contribution in [1.82, 2.24) is 0 Å². The van der Waals surface area contributed by atoms with E-state index in [1.807, 2.05) is 78.9 Å². The van der Waals surface area contributed by atoms with Crippen LogP contribution in [0.5, 0.6) is 0 Å². The second-order valence-corrected chi connectivity index (χ2v) is 7.27. The van der Waals surface area contributed by atoms with Crippen molar-refractivity contribution < 1.29 is 9.59 Å². The highest BCUT2D eigenvalue weighted by atomic mass is 16.1. The van der Waals surface area contributed by atoms with E-state index in [1.165, 1.54) is 0 Å². The molecule has 2 aliphatic rings. The first-order valence-corrected chi connectivity index (χ1v) is 9.29. The first-order chi connectivity index (χ1) is 13.7. The van der Waals surface area contributed by atoms with Crippen molar-refractivity contribution in [3.05, 3.63) is 107 Å². The molecular weight excluding hydrogens is 344 g/mol. The summed E-state index contributed by atoms with van der Waals surface area (Å²) in [5.74, 6) is -0.0789. The van der Waals surface area contributed by atoms with Gasteiger partial charge in [0.25, 0.3) is 0 Å². The topological polar surface area (TPSA) is 34.1 Å². The highest BCUT2D eigenvalue weighted by Gasteiger charge is 2.29. The second-order valence-electron chi connectivity index (χ2n) is 7.27. The van der Waals surface area contributed by atoms with Gasteiger partial charge in [-0.25, -0.2) is 0 Å². The summed E-state index contributed by atoms with van der Waals surface area (Å²) in [5, 5.41) is 3.98. The number of carbonyl (C=O) groups excluding carboxylic acids is 2. The van der Waals surface area contributed by atoms with Crippen molar-refractivity contribution in [2.75, 3.05) is 0 Å². The maximum atomic E-state index is 13.4. The van der Waals surface area contributed by atoms with Crippen LogP contribution in [-0.4, -0.2) is 11.6 Å². The molecule has 6 rings (SSSR count). The molecule has 130 valence electrons. The average molecular weight is 358 g/mol. The normalized spacial score (nSPS) is 15.0. The van der Waals surface area contributed by atoms with Crippen LogP contribution >= 0.6 is 0 Å². The van der Waals surface area contributed by atoms with Crippen molar-refractivity contribution in [3.8, 4) is 0 Å². The third-order valence-electron chi connectivity index (χ3n) is 5.75. The maximum absolute atomic E-state index is 13.4. The molecule has 0 N–H and O–H groups in total. The molecule has 28 heavy (non-hydrogen) atoms. The van der Waals surface area contributed by atoms with Crippen molar-refractivity contribution in [3.63, 3.8) is 0 Å². The lowest BCUT2D eigenvalue weighted by Crippen LogP contribution is -2.14. The van der Waals surface area contributed by atoms with E-state index in [9.17, 15) is 9.59 Å². The minimum atomic E-state index is -0.0509. The van der Waals surface area contributed by atoms with Crippen molar-refractivity contribution in [1.29, 1.82) is 0 Å². The summed E-state index contributed by atoms with van der Waals surface area (Å²) in [4.78, 5) is 26.3. The first kappa shape index (κ1) is 15.3. The summed E-state index contributed by atoms with van der Waals surface area (Å²) >= 11 is 0. The molecule has 0 spiro atoms. The fourth-order valence-corrected chi connectivity index (χ4v) is 4.53. The molecule has 0 saturated carbocycles. The van der Waals surface area contributed by atoms with Gasteiger partial charge in [0.1, 0.15) is 0 Å². The molecule has 0 heterocycles. The lowest BCUT2D eigenvalue weighted by molar-refractivity contribution is 0.104. The molecule has 0 fully saturated rings. The number of ketones is 2. The first-order valence-electron chi connectivity index (χ1n) is 9.29. The fourth-order valence-electron chi connectivity index (χ4n) is 4.53. The molecular formula is C26H14O2. The Labute approximate surface area is 161 Å². The Bertz CT molecular complexity index is 1420. The minimum absolute atomic E-state index is 0.0280. The average Bonchev–Trinajstić information content (AvgIpc) is 2.73. The van der Waals surface area contributed by atoms with E-state index in [-0.39, 0.29) is 11.6 Å². The SMILES string of the molecule is O=C1C(C2=CC(=O)c3cccc4cccc2c34)=Cc2cccc3cccc1c23.